The van der Waals surface area contributed by atoms with Gasteiger partial charge >= 0.3 is 6.03 Å². The number of benzene rings is 1. The molecule has 23 heavy (non-hydrogen) atoms. The van der Waals surface area contributed by atoms with Crippen LogP contribution in [0.15, 0.2) is 41.8 Å². The van der Waals surface area contributed by atoms with Crippen LogP contribution in [0.5, 0.6) is 0 Å². The van der Waals surface area contributed by atoms with Gasteiger partial charge in [0.2, 0.25) is 0 Å². The molecule has 0 spiro atoms. The number of hydrogen-bond donors (Lipinski definition) is 2. The molecule has 2 amide bonds. The predicted octanol–water partition coefficient (Wildman–Crippen LogP) is 3.77. The molecule has 0 atom stereocenters. The number of thiophene rings is 1. The molecule has 0 radical (unpaired) electrons. The van der Waals surface area contributed by atoms with E-state index >= 15 is 0 Å². The fraction of sp³-hybridized carbons (Fsp3) is 0.389. The molecule has 0 unspecified atom stereocenters. The Hall–Kier alpha value is -1.85. The van der Waals surface area contributed by atoms with Gasteiger partial charge in [0.25, 0.3) is 0 Å². The number of carbonyl (C=O) groups excluding carboxylic acids is 1. The molecule has 120 valence electrons. The average Bonchev–Trinajstić information content (AvgIpc) is 3.05. The SMILES string of the molecule is O=C(Nc1ccsc1-c1ccccc1)NC12CCN(CC1)CC2. The molecule has 1 aromatic carbocycles. The van der Waals surface area contributed by atoms with Crippen molar-refractivity contribution in [2.24, 2.45) is 0 Å². The molecule has 0 aliphatic carbocycles. The minimum atomic E-state index is -0.0732. The maximum absolute atomic E-state index is 12.5. The van der Waals surface area contributed by atoms with E-state index in [9.17, 15) is 4.79 Å². The van der Waals surface area contributed by atoms with Crippen LogP contribution >= 0.6 is 11.3 Å². The van der Waals surface area contributed by atoms with Crippen LogP contribution in [0.3, 0.4) is 0 Å². The van der Waals surface area contributed by atoms with Crippen LogP contribution in [0.4, 0.5) is 10.5 Å². The first-order chi connectivity index (χ1) is 11.2. The topological polar surface area (TPSA) is 44.4 Å². The standard InChI is InChI=1S/C18H21N3OS/c22-17(20-18-7-10-21(11-8-18)12-9-18)19-15-6-13-23-16(15)14-4-2-1-3-5-14/h1-6,13H,7-12H2,(H2,19,20,22). The summed E-state index contributed by atoms with van der Waals surface area (Å²) in [5.41, 5.74) is 2.03. The Bertz CT molecular complexity index is 676. The van der Waals surface area contributed by atoms with E-state index in [1.807, 2.05) is 29.6 Å². The number of nitrogens with one attached hydrogen (secondary N) is 2. The largest absolute Gasteiger partial charge is 0.332 e. The molecule has 1 aromatic heterocycles. The number of anilines is 1. The van der Waals surface area contributed by atoms with Crippen molar-refractivity contribution < 1.29 is 4.79 Å². The zero-order chi connectivity index (χ0) is 15.7. The number of piperidine rings is 3. The molecule has 3 fully saturated rings. The number of carbonyl (C=O) groups is 1. The average molecular weight is 327 g/mol. The predicted molar refractivity (Wildman–Crippen MR) is 94.9 cm³/mol. The highest BCUT2D eigenvalue weighted by Gasteiger charge is 2.40. The van der Waals surface area contributed by atoms with Crippen LogP contribution in [0.1, 0.15) is 19.3 Å². The first-order valence-corrected chi connectivity index (χ1v) is 9.07. The lowest BCUT2D eigenvalue weighted by Crippen LogP contribution is -2.61. The van der Waals surface area contributed by atoms with Gasteiger partial charge in [-0.1, -0.05) is 30.3 Å². The molecule has 4 heterocycles. The van der Waals surface area contributed by atoms with Crippen molar-refractivity contribution in [2.45, 2.75) is 24.8 Å². The number of fused-ring (bicyclic) bond motifs is 3. The van der Waals surface area contributed by atoms with Gasteiger partial charge < -0.3 is 15.5 Å². The number of amides is 2. The highest BCUT2D eigenvalue weighted by molar-refractivity contribution is 7.14. The van der Waals surface area contributed by atoms with Crippen LogP contribution in [0.2, 0.25) is 0 Å². The number of hydrogen-bond acceptors (Lipinski definition) is 3. The van der Waals surface area contributed by atoms with E-state index in [-0.39, 0.29) is 11.6 Å². The molecule has 3 saturated heterocycles. The van der Waals surface area contributed by atoms with Crippen molar-refractivity contribution in [3.63, 3.8) is 0 Å². The summed E-state index contributed by atoms with van der Waals surface area (Å²) < 4.78 is 0. The van der Waals surface area contributed by atoms with Crippen LogP contribution in [0.25, 0.3) is 10.4 Å². The van der Waals surface area contributed by atoms with Crippen LogP contribution in [-0.2, 0) is 0 Å². The Kier molecular flexibility index (Phi) is 3.83. The Labute approximate surface area is 140 Å². The summed E-state index contributed by atoms with van der Waals surface area (Å²) in [7, 11) is 0. The molecule has 2 N–H and O–H groups in total. The van der Waals surface area contributed by atoms with Crippen molar-refractivity contribution in [3.05, 3.63) is 41.8 Å². The van der Waals surface area contributed by atoms with Crippen LogP contribution in [0, 0.1) is 0 Å². The van der Waals surface area contributed by atoms with E-state index in [2.05, 4.69) is 27.7 Å². The van der Waals surface area contributed by atoms with E-state index in [0.29, 0.717) is 0 Å². The van der Waals surface area contributed by atoms with Gasteiger partial charge in [-0.2, -0.15) is 0 Å². The molecular weight excluding hydrogens is 306 g/mol. The van der Waals surface area contributed by atoms with E-state index in [1.54, 1.807) is 11.3 Å². The normalized spacial score (nSPS) is 26.0. The van der Waals surface area contributed by atoms with Crippen molar-refractivity contribution in [3.8, 4) is 10.4 Å². The lowest BCUT2D eigenvalue weighted by Gasteiger charge is -2.48. The smallest absolute Gasteiger partial charge is 0.319 e. The van der Waals surface area contributed by atoms with Crippen molar-refractivity contribution in [1.82, 2.24) is 10.2 Å². The van der Waals surface area contributed by atoms with E-state index in [4.69, 9.17) is 0 Å². The Balaban J connectivity index is 1.46. The second kappa shape index (κ2) is 5.98. The third kappa shape index (κ3) is 2.99. The summed E-state index contributed by atoms with van der Waals surface area (Å²) >= 11 is 1.65. The van der Waals surface area contributed by atoms with Gasteiger partial charge in [-0.15, -0.1) is 11.3 Å². The minimum Gasteiger partial charge on any atom is -0.332 e. The third-order valence-corrected chi connectivity index (χ3v) is 6.01. The lowest BCUT2D eigenvalue weighted by molar-refractivity contribution is 0.0686. The first kappa shape index (κ1) is 14.7. The van der Waals surface area contributed by atoms with Gasteiger partial charge in [-0.25, -0.2) is 4.79 Å². The maximum Gasteiger partial charge on any atom is 0.319 e. The second-order valence-electron chi connectivity index (χ2n) is 6.48. The molecule has 5 heteroatoms. The zero-order valence-corrected chi connectivity index (χ0v) is 13.9. The minimum absolute atomic E-state index is 0.00175. The Morgan fingerprint density at radius 1 is 1.04 bits per heavy atom. The number of nitrogens with zero attached hydrogens (tertiary/aromatic N) is 1. The quantitative estimate of drug-likeness (QED) is 0.901. The summed E-state index contributed by atoms with van der Waals surface area (Å²) in [5.74, 6) is 0. The van der Waals surface area contributed by atoms with Gasteiger partial charge in [-0.3, -0.25) is 0 Å². The molecule has 4 nitrogen and oxygen atoms in total. The number of urea groups is 1. The zero-order valence-electron chi connectivity index (χ0n) is 13.0. The van der Waals surface area contributed by atoms with Crippen molar-refractivity contribution in [2.75, 3.05) is 25.0 Å². The third-order valence-electron chi connectivity index (χ3n) is 5.05. The summed E-state index contributed by atoms with van der Waals surface area (Å²) in [4.78, 5) is 16.1. The molecule has 3 aliphatic heterocycles. The second-order valence-corrected chi connectivity index (χ2v) is 7.40. The first-order valence-electron chi connectivity index (χ1n) is 8.19. The molecule has 3 aliphatic rings. The van der Waals surface area contributed by atoms with Gasteiger partial charge in [0.15, 0.2) is 0 Å². The Morgan fingerprint density at radius 3 is 2.43 bits per heavy atom. The van der Waals surface area contributed by atoms with Gasteiger partial charge in [0, 0.05) is 25.2 Å². The molecule has 2 bridgehead atoms. The monoisotopic (exact) mass is 327 g/mol. The van der Waals surface area contributed by atoms with Crippen LogP contribution in [-0.4, -0.2) is 36.1 Å². The molecule has 2 aromatic rings. The molecule has 5 rings (SSSR count). The van der Waals surface area contributed by atoms with E-state index in [0.717, 1.165) is 55.0 Å². The van der Waals surface area contributed by atoms with Gasteiger partial charge in [-0.05, 0) is 36.3 Å². The highest BCUT2D eigenvalue weighted by atomic mass is 32.1. The Morgan fingerprint density at radius 2 is 1.74 bits per heavy atom. The van der Waals surface area contributed by atoms with Crippen molar-refractivity contribution in [1.29, 1.82) is 0 Å². The molecular formula is C18H21N3OS. The number of rotatable bonds is 3. The molecule has 0 saturated carbocycles. The van der Waals surface area contributed by atoms with Crippen molar-refractivity contribution >= 4 is 23.1 Å². The summed E-state index contributed by atoms with van der Waals surface area (Å²) in [6.45, 7) is 3.32. The summed E-state index contributed by atoms with van der Waals surface area (Å²) in [5, 5.41) is 8.35. The van der Waals surface area contributed by atoms with E-state index in [1.165, 1.54) is 0 Å². The fourth-order valence-electron chi connectivity index (χ4n) is 3.63. The maximum atomic E-state index is 12.5. The lowest BCUT2D eigenvalue weighted by atomic mass is 9.80. The highest BCUT2D eigenvalue weighted by Crippen LogP contribution is 2.34. The van der Waals surface area contributed by atoms with Gasteiger partial charge in [0.1, 0.15) is 0 Å². The summed E-state index contributed by atoms with van der Waals surface area (Å²) in [6.07, 6.45) is 3.20. The van der Waals surface area contributed by atoms with Gasteiger partial charge in [0.05, 0.1) is 10.6 Å². The fourth-order valence-corrected chi connectivity index (χ4v) is 4.49. The summed E-state index contributed by atoms with van der Waals surface area (Å²) in [6, 6.07) is 12.1. The van der Waals surface area contributed by atoms with E-state index < -0.39 is 0 Å². The van der Waals surface area contributed by atoms with Crippen LogP contribution < -0.4 is 10.6 Å².